The van der Waals surface area contributed by atoms with Crippen molar-refractivity contribution in [1.29, 1.82) is 5.53 Å². The monoisotopic (exact) mass is 171 g/mol. The number of carbonyl (C=O) groups excluding carboxylic acids is 1. The first kappa shape index (κ1) is 8.90. The van der Waals surface area contributed by atoms with Crippen molar-refractivity contribution in [2.45, 2.75) is 18.9 Å². The van der Waals surface area contributed by atoms with Crippen LogP contribution in [0, 0.1) is 5.53 Å². The average Bonchev–Trinajstić information content (AvgIpc) is 2.06. The summed E-state index contributed by atoms with van der Waals surface area (Å²) in [5.74, 6) is -0.545. The highest BCUT2D eigenvalue weighted by Crippen LogP contribution is 2.09. The number of hydrogen-bond donors (Lipinski definition) is 1. The van der Waals surface area contributed by atoms with Crippen LogP contribution in [0.3, 0.4) is 0 Å². The summed E-state index contributed by atoms with van der Waals surface area (Å²) in [5.41, 5.74) is 6.39. The highest BCUT2D eigenvalue weighted by Gasteiger charge is 2.18. The molecule has 66 valence electrons. The summed E-state index contributed by atoms with van der Waals surface area (Å²) in [6.45, 7) is 1.27. The van der Waals surface area contributed by atoms with Gasteiger partial charge in [-0.15, -0.1) is 0 Å². The van der Waals surface area contributed by atoms with Gasteiger partial charge in [0.25, 0.3) is 0 Å². The Morgan fingerprint density at radius 1 is 1.58 bits per heavy atom. The van der Waals surface area contributed by atoms with Gasteiger partial charge in [-0.3, -0.25) is 0 Å². The van der Waals surface area contributed by atoms with Crippen molar-refractivity contribution in [2.75, 3.05) is 13.2 Å². The predicted molar refractivity (Wildman–Crippen MR) is 39.0 cm³/mol. The third-order valence-electron chi connectivity index (χ3n) is 1.62. The van der Waals surface area contributed by atoms with E-state index < -0.39 is 5.97 Å². The van der Waals surface area contributed by atoms with E-state index >= 15 is 0 Å². The van der Waals surface area contributed by atoms with Gasteiger partial charge in [-0.25, -0.2) is 4.79 Å². The Hall–Kier alpha value is -1.19. The highest BCUT2D eigenvalue weighted by atomic mass is 16.5. The normalized spacial score (nSPS) is 18.0. The van der Waals surface area contributed by atoms with Gasteiger partial charge in [0.2, 0.25) is 0 Å². The molecule has 1 heterocycles. The van der Waals surface area contributed by atoms with Crippen LogP contribution in [0.25, 0.3) is 0 Å². The minimum absolute atomic E-state index is 0.0655. The van der Waals surface area contributed by atoms with Crippen LogP contribution in [0.5, 0.6) is 0 Å². The molecule has 0 amide bonds. The second-order valence-corrected chi connectivity index (χ2v) is 2.51. The molecule has 5 nitrogen and oxygen atoms in total. The van der Waals surface area contributed by atoms with Crippen molar-refractivity contribution < 1.29 is 19.1 Å². The van der Waals surface area contributed by atoms with Crippen molar-refractivity contribution in [1.82, 2.24) is 0 Å². The SMILES string of the molecule is N=[N+]=CC(=O)OC1CCOCC1. The molecular formula is C7H11N2O3+. The van der Waals surface area contributed by atoms with Gasteiger partial charge in [0.1, 0.15) is 6.10 Å². The molecule has 1 N–H and O–H groups in total. The molecule has 0 aliphatic carbocycles. The Balaban J connectivity index is 2.29. The summed E-state index contributed by atoms with van der Waals surface area (Å²) in [5, 5.41) is 0. The van der Waals surface area contributed by atoms with Crippen LogP contribution in [0.15, 0.2) is 0 Å². The maximum atomic E-state index is 10.8. The Bertz CT molecular complexity index is 205. The molecular weight excluding hydrogens is 160 g/mol. The molecule has 5 heteroatoms. The number of nitrogens with zero attached hydrogens (tertiary/aromatic N) is 1. The van der Waals surface area contributed by atoms with Crippen LogP contribution in [-0.4, -0.2) is 36.3 Å². The van der Waals surface area contributed by atoms with Gasteiger partial charge in [0.05, 0.1) is 23.5 Å². The molecule has 0 bridgehead atoms. The van der Waals surface area contributed by atoms with Crippen molar-refractivity contribution in [3.63, 3.8) is 0 Å². The third kappa shape index (κ3) is 2.82. The fourth-order valence-corrected chi connectivity index (χ4v) is 1.04. The molecule has 0 aromatic rings. The van der Waals surface area contributed by atoms with Crippen molar-refractivity contribution in [2.24, 2.45) is 0 Å². The Morgan fingerprint density at radius 3 is 2.83 bits per heavy atom. The topological polar surface area (TPSA) is 73.5 Å². The molecule has 0 atom stereocenters. The lowest BCUT2D eigenvalue weighted by molar-refractivity contribution is -0.156. The summed E-state index contributed by atoms with van der Waals surface area (Å²) < 4.78 is 10.0. The molecule has 0 aromatic heterocycles. The molecule has 0 unspecified atom stereocenters. The third-order valence-corrected chi connectivity index (χ3v) is 1.62. The van der Waals surface area contributed by atoms with E-state index in [1.54, 1.807) is 0 Å². The molecule has 0 saturated carbocycles. The molecule has 0 aromatic carbocycles. The number of esters is 1. The first-order chi connectivity index (χ1) is 5.83. The summed E-state index contributed by atoms with van der Waals surface area (Å²) in [6, 6.07) is 0. The smallest absolute Gasteiger partial charge is 0.418 e. The van der Waals surface area contributed by atoms with Crippen LogP contribution < -0.4 is 0 Å². The van der Waals surface area contributed by atoms with Crippen LogP contribution in [0.1, 0.15) is 12.8 Å². The standard InChI is InChI=1S/C7H11N2O3/c8-9-5-7(10)12-6-1-3-11-4-2-6/h5-6,8H,1-4H2/q+1. The van der Waals surface area contributed by atoms with Gasteiger partial charge in [-0.1, -0.05) is 0 Å². The number of nitrogens with one attached hydrogen (secondary N) is 1. The maximum Gasteiger partial charge on any atom is 0.418 e. The molecule has 0 radical (unpaired) electrons. The average molecular weight is 171 g/mol. The van der Waals surface area contributed by atoms with Crippen LogP contribution in [-0.2, 0) is 14.3 Å². The molecule has 1 saturated heterocycles. The lowest BCUT2D eigenvalue weighted by Gasteiger charge is -2.20. The van der Waals surface area contributed by atoms with Crippen molar-refractivity contribution >= 4 is 12.2 Å². The van der Waals surface area contributed by atoms with Gasteiger partial charge in [-0.05, 0) is 0 Å². The fourth-order valence-electron chi connectivity index (χ4n) is 1.04. The Morgan fingerprint density at radius 2 is 2.25 bits per heavy atom. The summed E-state index contributed by atoms with van der Waals surface area (Å²) in [4.78, 5) is 13.6. The molecule has 12 heavy (non-hydrogen) atoms. The van der Waals surface area contributed by atoms with Crippen LogP contribution in [0.2, 0.25) is 0 Å². The first-order valence-electron chi connectivity index (χ1n) is 3.81. The number of hydrogen-bond acceptors (Lipinski definition) is 4. The summed E-state index contributed by atoms with van der Waals surface area (Å²) in [7, 11) is 0. The molecule has 1 fully saturated rings. The van der Waals surface area contributed by atoms with E-state index in [2.05, 4.69) is 4.79 Å². The van der Waals surface area contributed by atoms with Crippen LogP contribution in [0.4, 0.5) is 0 Å². The Labute approximate surface area is 69.9 Å². The van der Waals surface area contributed by atoms with Gasteiger partial charge in [-0.2, -0.15) is 0 Å². The Kier molecular flexibility index (Phi) is 3.44. The second kappa shape index (κ2) is 4.64. The molecule has 1 aliphatic heterocycles. The second-order valence-electron chi connectivity index (χ2n) is 2.51. The maximum absolute atomic E-state index is 10.8. The lowest BCUT2D eigenvalue weighted by Crippen LogP contribution is -2.26. The highest BCUT2D eigenvalue weighted by molar-refractivity contribution is 6.20. The number of ether oxygens (including phenoxy) is 2. The molecule has 1 rings (SSSR count). The van der Waals surface area contributed by atoms with E-state index in [0.717, 1.165) is 19.1 Å². The van der Waals surface area contributed by atoms with Gasteiger partial charge < -0.3 is 9.47 Å². The van der Waals surface area contributed by atoms with E-state index in [1.165, 1.54) is 0 Å². The molecule has 1 aliphatic rings. The van der Waals surface area contributed by atoms with E-state index in [-0.39, 0.29) is 6.10 Å². The largest absolute Gasteiger partial charge is 0.454 e. The van der Waals surface area contributed by atoms with Gasteiger partial charge >= 0.3 is 12.2 Å². The van der Waals surface area contributed by atoms with Crippen LogP contribution >= 0.6 is 0 Å². The predicted octanol–water partition coefficient (Wildman–Crippen LogP) is 0.0186. The molecule has 0 spiro atoms. The zero-order valence-electron chi connectivity index (χ0n) is 6.66. The van der Waals surface area contributed by atoms with E-state index in [0.29, 0.717) is 13.2 Å². The quantitative estimate of drug-likeness (QED) is 0.275. The summed E-state index contributed by atoms with van der Waals surface area (Å²) in [6.07, 6.45) is 2.26. The number of carbonyl (C=O) groups is 1. The first-order valence-corrected chi connectivity index (χ1v) is 3.81. The van der Waals surface area contributed by atoms with E-state index in [1.807, 2.05) is 0 Å². The zero-order valence-corrected chi connectivity index (χ0v) is 6.66. The number of rotatable bonds is 2. The van der Waals surface area contributed by atoms with E-state index in [9.17, 15) is 4.79 Å². The van der Waals surface area contributed by atoms with Crippen molar-refractivity contribution in [3.05, 3.63) is 0 Å². The zero-order chi connectivity index (χ0) is 8.81. The van der Waals surface area contributed by atoms with E-state index in [4.69, 9.17) is 15.0 Å². The fraction of sp³-hybridized carbons (Fsp3) is 0.714. The summed E-state index contributed by atoms with van der Waals surface area (Å²) >= 11 is 0. The lowest BCUT2D eigenvalue weighted by atomic mass is 10.2. The minimum Gasteiger partial charge on any atom is -0.454 e. The van der Waals surface area contributed by atoms with Crippen molar-refractivity contribution in [3.8, 4) is 0 Å². The van der Waals surface area contributed by atoms with Gasteiger partial charge in [0.15, 0.2) is 0 Å². The van der Waals surface area contributed by atoms with Gasteiger partial charge in [0, 0.05) is 12.8 Å². The minimum atomic E-state index is -0.545.